The SMILES string of the molecule is CC(=O)N1CCCC2(CC1)CC(=O)c1cc(/C=C/C(=O)NO)ccc1O2. The number of amides is 2. The van der Waals surface area contributed by atoms with Gasteiger partial charge in [0.05, 0.1) is 12.0 Å². The van der Waals surface area contributed by atoms with E-state index in [-0.39, 0.29) is 18.1 Å². The topological polar surface area (TPSA) is 95.9 Å². The van der Waals surface area contributed by atoms with Crippen molar-refractivity contribution < 1.29 is 24.3 Å². The lowest BCUT2D eigenvalue weighted by Gasteiger charge is -2.37. The van der Waals surface area contributed by atoms with E-state index in [0.29, 0.717) is 36.4 Å². The summed E-state index contributed by atoms with van der Waals surface area (Å²) in [6, 6.07) is 5.17. The van der Waals surface area contributed by atoms with Crippen LogP contribution < -0.4 is 10.2 Å². The molecule has 1 aromatic rings. The normalized spacial score (nSPS) is 22.7. The fourth-order valence-corrected chi connectivity index (χ4v) is 3.59. The first-order valence-corrected chi connectivity index (χ1v) is 8.66. The van der Waals surface area contributed by atoms with Gasteiger partial charge in [-0.15, -0.1) is 0 Å². The lowest BCUT2D eigenvalue weighted by Crippen LogP contribution is -2.43. The minimum absolute atomic E-state index is 0.00406. The Kier molecular flexibility index (Phi) is 5.08. The van der Waals surface area contributed by atoms with Crippen molar-refractivity contribution in [2.45, 2.75) is 38.2 Å². The molecule has 7 heteroatoms. The zero-order valence-electron chi connectivity index (χ0n) is 14.7. The van der Waals surface area contributed by atoms with Crippen LogP contribution >= 0.6 is 0 Å². The van der Waals surface area contributed by atoms with Gasteiger partial charge in [-0.3, -0.25) is 19.6 Å². The standard InChI is InChI=1S/C19H22N2O5/c1-13(22)21-9-2-7-19(8-10-21)12-16(23)15-11-14(3-5-17(15)26-19)4-6-18(24)20-25/h3-6,11,25H,2,7-10,12H2,1H3,(H,20,24)/b6-4+. The van der Waals surface area contributed by atoms with Crippen LogP contribution in [0.4, 0.5) is 0 Å². The van der Waals surface area contributed by atoms with E-state index in [1.165, 1.54) is 17.6 Å². The Morgan fingerprint density at radius 1 is 1.31 bits per heavy atom. The number of carbonyl (C=O) groups excluding carboxylic acids is 3. The first-order valence-electron chi connectivity index (χ1n) is 8.66. The number of ether oxygens (including phenoxy) is 1. The molecule has 2 N–H and O–H groups in total. The molecule has 2 amide bonds. The number of Topliss-reactive ketones (excluding diaryl/α,β-unsaturated/α-hetero) is 1. The maximum Gasteiger partial charge on any atom is 0.267 e. The highest BCUT2D eigenvalue weighted by atomic mass is 16.5. The van der Waals surface area contributed by atoms with Crippen LogP contribution in [0.3, 0.4) is 0 Å². The monoisotopic (exact) mass is 358 g/mol. The molecule has 7 nitrogen and oxygen atoms in total. The average Bonchev–Trinajstić information content (AvgIpc) is 2.82. The molecule has 26 heavy (non-hydrogen) atoms. The Balaban J connectivity index is 1.80. The molecule has 0 bridgehead atoms. The molecule has 3 rings (SSSR count). The third-order valence-corrected chi connectivity index (χ3v) is 4.99. The van der Waals surface area contributed by atoms with Gasteiger partial charge in [0.1, 0.15) is 11.4 Å². The molecule has 1 unspecified atom stereocenters. The average molecular weight is 358 g/mol. The minimum Gasteiger partial charge on any atom is -0.486 e. The van der Waals surface area contributed by atoms with E-state index in [1.54, 1.807) is 30.0 Å². The van der Waals surface area contributed by atoms with Crippen LogP contribution in [0.15, 0.2) is 24.3 Å². The second kappa shape index (κ2) is 7.29. The predicted molar refractivity (Wildman–Crippen MR) is 93.8 cm³/mol. The van der Waals surface area contributed by atoms with E-state index in [9.17, 15) is 14.4 Å². The van der Waals surface area contributed by atoms with E-state index < -0.39 is 11.5 Å². The quantitative estimate of drug-likeness (QED) is 0.478. The molecule has 138 valence electrons. The van der Waals surface area contributed by atoms with E-state index in [4.69, 9.17) is 9.94 Å². The van der Waals surface area contributed by atoms with Crippen LogP contribution in [-0.2, 0) is 9.59 Å². The minimum atomic E-state index is -0.641. The number of benzene rings is 1. The van der Waals surface area contributed by atoms with Gasteiger partial charge in [-0.2, -0.15) is 0 Å². The molecule has 0 saturated carbocycles. The molecule has 2 aliphatic rings. The maximum atomic E-state index is 12.7. The van der Waals surface area contributed by atoms with Crippen LogP contribution in [0.5, 0.6) is 5.75 Å². The zero-order chi connectivity index (χ0) is 18.7. The Morgan fingerprint density at radius 3 is 2.85 bits per heavy atom. The number of hydrogen-bond acceptors (Lipinski definition) is 5. The number of nitrogens with zero attached hydrogens (tertiary/aromatic N) is 1. The van der Waals surface area contributed by atoms with Crippen molar-refractivity contribution in [3.05, 3.63) is 35.4 Å². The number of ketones is 1. The molecule has 1 spiro atoms. The van der Waals surface area contributed by atoms with Crippen molar-refractivity contribution in [2.75, 3.05) is 13.1 Å². The summed E-state index contributed by atoms with van der Waals surface area (Å²) in [6.45, 7) is 2.85. The van der Waals surface area contributed by atoms with Gasteiger partial charge in [0.25, 0.3) is 5.91 Å². The van der Waals surface area contributed by atoms with E-state index in [2.05, 4.69) is 0 Å². The molecule has 2 aliphatic heterocycles. The van der Waals surface area contributed by atoms with Crippen LogP contribution in [0, 0.1) is 0 Å². The maximum absolute atomic E-state index is 12.7. The lowest BCUT2D eigenvalue weighted by atomic mass is 9.84. The largest absolute Gasteiger partial charge is 0.486 e. The third kappa shape index (κ3) is 3.77. The molecule has 0 radical (unpaired) electrons. The van der Waals surface area contributed by atoms with Crippen molar-refractivity contribution in [2.24, 2.45) is 0 Å². The van der Waals surface area contributed by atoms with Crippen molar-refractivity contribution in [3.8, 4) is 5.75 Å². The number of hydrogen-bond donors (Lipinski definition) is 2. The van der Waals surface area contributed by atoms with Gasteiger partial charge in [-0.25, -0.2) is 5.48 Å². The van der Waals surface area contributed by atoms with Crippen LogP contribution in [0.2, 0.25) is 0 Å². The van der Waals surface area contributed by atoms with Gasteiger partial charge in [0.15, 0.2) is 5.78 Å². The summed E-state index contributed by atoms with van der Waals surface area (Å²) in [7, 11) is 0. The Labute approximate surface area is 151 Å². The number of fused-ring (bicyclic) bond motifs is 1. The van der Waals surface area contributed by atoms with Crippen LogP contribution in [0.25, 0.3) is 6.08 Å². The summed E-state index contributed by atoms with van der Waals surface area (Å²) in [4.78, 5) is 37.2. The highest BCUT2D eigenvalue weighted by Gasteiger charge is 2.41. The zero-order valence-corrected chi connectivity index (χ0v) is 14.7. The number of hydroxylamine groups is 1. The summed E-state index contributed by atoms with van der Waals surface area (Å²) in [6.07, 6.45) is 5.16. The van der Waals surface area contributed by atoms with E-state index in [1.807, 2.05) is 0 Å². The van der Waals surface area contributed by atoms with E-state index in [0.717, 1.165) is 12.8 Å². The first kappa shape index (κ1) is 18.1. The van der Waals surface area contributed by atoms with Crippen LogP contribution in [0.1, 0.15) is 48.5 Å². The smallest absolute Gasteiger partial charge is 0.267 e. The van der Waals surface area contributed by atoms with Gasteiger partial charge in [0, 0.05) is 32.5 Å². The molecule has 1 saturated heterocycles. The number of nitrogens with one attached hydrogen (secondary N) is 1. The highest BCUT2D eigenvalue weighted by Crippen LogP contribution is 2.39. The summed E-state index contributed by atoms with van der Waals surface area (Å²) in [5, 5.41) is 8.51. The fraction of sp³-hybridized carbons (Fsp3) is 0.421. The first-order chi connectivity index (χ1) is 12.4. The number of carbonyl (C=O) groups is 3. The molecular formula is C19H22N2O5. The van der Waals surface area contributed by atoms with Gasteiger partial charge in [-0.05, 0) is 36.6 Å². The molecule has 1 fully saturated rings. The molecule has 0 aromatic heterocycles. The molecule has 1 aromatic carbocycles. The summed E-state index contributed by atoms with van der Waals surface area (Å²) in [5.74, 6) is -0.0451. The van der Waals surface area contributed by atoms with Gasteiger partial charge < -0.3 is 9.64 Å². The fourth-order valence-electron chi connectivity index (χ4n) is 3.59. The third-order valence-electron chi connectivity index (χ3n) is 4.99. The molecule has 0 aliphatic carbocycles. The number of likely N-dealkylation sites (tertiary alicyclic amines) is 1. The van der Waals surface area contributed by atoms with Crippen molar-refractivity contribution in [1.29, 1.82) is 0 Å². The summed E-state index contributed by atoms with van der Waals surface area (Å²) < 4.78 is 6.24. The molecular weight excluding hydrogens is 336 g/mol. The van der Waals surface area contributed by atoms with E-state index >= 15 is 0 Å². The van der Waals surface area contributed by atoms with Crippen molar-refractivity contribution in [3.63, 3.8) is 0 Å². The van der Waals surface area contributed by atoms with Gasteiger partial charge in [0.2, 0.25) is 5.91 Å². The van der Waals surface area contributed by atoms with Gasteiger partial charge in [-0.1, -0.05) is 6.07 Å². The Bertz CT molecular complexity index is 773. The predicted octanol–water partition coefficient (Wildman–Crippen LogP) is 1.94. The lowest BCUT2D eigenvalue weighted by molar-refractivity contribution is -0.129. The highest BCUT2D eigenvalue weighted by molar-refractivity contribution is 6.01. The van der Waals surface area contributed by atoms with Crippen LogP contribution in [-0.4, -0.2) is 46.4 Å². The summed E-state index contributed by atoms with van der Waals surface area (Å²) in [5.41, 5.74) is 2.13. The van der Waals surface area contributed by atoms with Crippen molar-refractivity contribution in [1.82, 2.24) is 10.4 Å². The second-order valence-corrected chi connectivity index (χ2v) is 6.81. The second-order valence-electron chi connectivity index (χ2n) is 6.81. The van der Waals surface area contributed by atoms with Crippen molar-refractivity contribution >= 4 is 23.7 Å². The summed E-state index contributed by atoms with van der Waals surface area (Å²) >= 11 is 0. The number of rotatable bonds is 2. The molecule has 1 atom stereocenters. The Morgan fingerprint density at radius 2 is 2.12 bits per heavy atom. The molecule has 2 heterocycles. The van der Waals surface area contributed by atoms with Gasteiger partial charge >= 0.3 is 0 Å². The Hall–Kier alpha value is -2.67.